The quantitative estimate of drug-likeness (QED) is 0.708. The Morgan fingerprint density at radius 2 is 1.54 bits per heavy atom. The maximum absolute atomic E-state index is 12.0. The van der Waals surface area contributed by atoms with E-state index in [0.29, 0.717) is 22.9 Å². The first-order valence-corrected chi connectivity index (χ1v) is 7.97. The van der Waals surface area contributed by atoms with E-state index >= 15 is 0 Å². The van der Waals surface area contributed by atoms with Gasteiger partial charge in [-0.2, -0.15) is 0 Å². The highest BCUT2D eigenvalue weighted by atomic mass is 16.5. The van der Waals surface area contributed by atoms with Crippen molar-refractivity contribution in [1.29, 1.82) is 0 Å². The molecule has 26 heavy (non-hydrogen) atoms. The maximum atomic E-state index is 12.0. The third kappa shape index (κ3) is 5.14. The van der Waals surface area contributed by atoms with E-state index < -0.39 is 5.91 Å². The zero-order valence-electron chi connectivity index (χ0n) is 15.0. The SMILES string of the molecule is COc1ccccc1NC(=O)CC(=O)NCc1ccc(OC)c(OC)c1. The van der Waals surface area contributed by atoms with Crippen molar-refractivity contribution in [3.05, 3.63) is 48.0 Å². The van der Waals surface area contributed by atoms with E-state index in [-0.39, 0.29) is 18.9 Å². The normalized spacial score (nSPS) is 9.96. The second-order valence-electron chi connectivity index (χ2n) is 5.39. The van der Waals surface area contributed by atoms with Crippen molar-refractivity contribution in [1.82, 2.24) is 5.32 Å². The first-order chi connectivity index (χ1) is 12.6. The zero-order valence-corrected chi connectivity index (χ0v) is 15.0. The second-order valence-corrected chi connectivity index (χ2v) is 5.39. The van der Waals surface area contributed by atoms with Gasteiger partial charge in [0.05, 0.1) is 27.0 Å². The van der Waals surface area contributed by atoms with Crippen LogP contribution in [0.15, 0.2) is 42.5 Å². The molecule has 2 amide bonds. The minimum atomic E-state index is -0.417. The Bertz CT molecular complexity index is 776. The Kier molecular flexibility index (Phi) is 6.84. The number of hydrogen-bond donors (Lipinski definition) is 2. The van der Waals surface area contributed by atoms with Crippen molar-refractivity contribution in [2.75, 3.05) is 26.6 Å². The van der Waals surface area contributed by atoms with Gasteiger partial charge in [-0.05, 0) is 29.8 Å². The second kappa shape index (κ2) is 9.31. The van der Waals surface area contributed by atoms with Gasteiger partial charge >= 0.3 is 0 Å². The summed E-state index contributed by atoms with van der Waals surface area (Å²) in [5.41, 5.74) is 1.36. The number of ether oxygens (including phenoxy) is 3. The van der Waals surface area contributed by atoms with Crippen LogP contribution >= 0.6 is 0 Å². The number of amides is 2. The van der Waals surface area contributed by atoms with E-state index in [1.54, 1.807) is 50.6 Å². The van der Waals surface area contributed by atoms with E-state index in [2.05, 4.69) is 10.6 Å². The summed E-state index contributed by atoms with van der Waals surface area (Å²) < 4.78 is 15.6. The highest BCUT2D eigenvalue weighted by Crippen LogP contribution is 2.27. The highest BCUT2D eigenvalue weighted by Gasteiger charge is 2.12. The van der Waals surface area contributed by atoms with E-state index in [9.17, 15) is 9.59 Å². The number of carbonyl (C=O) groups is 2. The van der Waals surface area contributed by atoms with Crippen LogP contribution in [-0.2, 0) is 16.1 Å². The molecular weight excluding hydrogens is 336 g/mol. The van der Waals surface area contributed by atoms with Crippen molar-refractivity contribution in [2.24, 2.45) is 0 Å². The van der Waals surface area contributed by atoms with Crippen LogP contribution in [0.3, 0.4) is 0 Å². The molecule has 2 rings (SSSR count). The van der Waals surface area contributed by atoms with E-state index in [0.717, 1.165) is 5.56 Å². The molecule has 0 saturated heterocycles. The van der Waals surface area contributed by atoms with Crippen LogP contribution in [0.4, 0.5) is 5.69 Å². The molecule has 0 aliphatic rings. The van der Waals surface area contributed by atoms with Gasteiger partial charge in [-0.25, -0.2) is 0 Å². The van der Waals surface area contributed by atoms with Crippen LogP contribution in [0.2, 0.25) is 0 Å². The van der Waals surface area contributed by atoms with Gasteiger partial charge in [0, 0.05) is 6.54 Å². The molecule has 0 spiro atoms. The van der Waals surface area contributed by atoms with Gasteiger partial charge in [0.15, 0.2) is 11.5 Å². The Hall–Kier alpha value is -3.22. The molecule has 7 heteroatoms. The number of hydrogen-bond acceptors (Lipinski definition) is 5. The maximum Gasteiger partial charge on any atom is 0.233 e. The molecule has 138 valence electrons. The van der Waals surface area contributed by atoms with Gasteiger partial charge in [-0.3, -0.25) is 9.59 Å². The minimum Gasteiger partial charge on any atom is -0.495 e. The molecule has 2 aromatic carbocycles. The lowest BCUT2D eigenvalue weighted by Gasteiger charge is -2.11. The number of benzene rings is 2. The number of nitrogens with one attached hydrogen (secondary N) is 2. The first-order valence-electron chi connectivity index (χ1n) is 7.97. The van der Waals surface area contributed by atoms with E-state index in [1.807, 2.05) is 6.07 Å². The van der Waals surface area contributed by atoms with Crippen molar-refractivity contribution in [3.63, 3.8) is 0 Å². The molecule has 2 N–H and O–H groups in total. The Labute approximate surface area is 152 Å². The average Bonchev–Trinajstić information content (AvgIpc) is 2.66. The van der Waals surface area contributed by atoms with Crippen molar-refractivity contribution >= 4 is 17.5 Å². The number of methoxy groups -OCH3 is 3. The summed E-state index contributed by atoms with van der Waals surface area (Å²) in [6.45, 7) is 0.279. The summed E-state index contributed by atoms with van der Waals surface area (Å²) in [6.07, 6.45) is -0.286. The largest absolute Gasteiger partial charge is 0.495 e. The molecule has 0 aliphatic heterocycles. The van der Waals surface area contributed by atoms with Gasteiger partial charge in [0.2, 0.25) is 11.8 Å². The monoisotopic (exact) mass is 358 g/mol. The van der Waals surface area contributed by atoms with Gasteiger partial charge in [0.1, 0.15) is 12.2 Å². The lowest BCUT2D eigenvalue weighted by atomic mass is 10.2. The summed E-state index contributed by atoms with van der Waals surface area (Å²) in [7, 11) is 4.61. The van der Waals surface area contributed by atoms with Crippen LogP contribution in [0.25, 0.3) is 0 Å². The van der Waals surface area contributed by atoms with Crippen molar-refractivity contribution < 1.29 is 23.8 Å². The molecule has 0 unspecified atom stereocenters. The Morgan fingerprint density at radius 1 is 0.846 bits per heavy atom. The number of carbonyl (C=O) groups excluding carboxylic acids is 2. The molecule has 2 aromatic rings. The third-order valence-electron chi connectivity index (χ3n) is 3.64. The Balaban J connectivity index is 1.87. The molecule has 0 atom stereocenters. The molecule has 0 radical (unpaired) electrons. The molecule has 0 bridgehead atoms. The van der Waals surface area contributed by atoms with Crippen LogP contribution in [0.1, 0.15) is 12.0 Å². The topological polar surface area (TPSA) is 85.9 Å². The standard InChI is InChI=1S/C19H22N2O5/c1-24-15-7-5-4-6-14(15)21-19(23)11-18(22)20-12-13-8-9-16(25-2)17(10-13)26-3/h4-10H,11-12H2,1-3H3,(H,20,22)(H,21,23). The fourth-order valence-corrected chi connectivity index (χ4v) is 2.34. The summed E-state index contributed by atoms with van der Waals surface area (Å²) in [5, 5.41) is 5.37. The minimum absolute atomic E-state index is 0.279. The summed E-state index contributed by atoms with van der Waals surface area (Å²) >= 11 is 0. The molecule has 0 heterocycles. The van der Waals surface area contributed by atoms with Gasteiger partial charge in [-0.1, -0.05) is 18.2 Å². The lowest BCUT2D eigenvalue weighted by Crippen LogP contribution is -2.27. The van der Waals surface area contributed by atoms with Crippen LogP contribution in [0, 0.1) is 0 Å². The van der Waals surface area contributed by atoms with Crippen LogP contribution in [-0.4, -0.2) is 33.1 Å². The lowest BCUT2D eigenvalue weighted by molar-refractivity contribution is -0.126. The smallest absolute Gasteiger partial charge is 0.233 e. The van der Waals surface area contributed by atoms with Gasteiger partial charge < -0.3 is 24.8 Å². The fourth-order valence-electron chi connectivity index (χ4n) is 2.34. The first kappa shape index (κ1) is 19.1. The molecule has 0 aromatic heterocycles. The predicted molar refractivity (Wildman–Crippen MR) is 97.6 cm³/mol. The van der Waals surface area contributed by atoms with Crippen LogP contribution < -0.4 is 24.8 Å². The van der Waals surface area contributed by atoms with Crippen LogP contribution in [0.5, 0.6) is 17.2 Å². The number of rotatable bonds is 8. The Morgan fingerprint density at radius 3 is 2.23 bits per heavy atom. The third-order valence-corrected chi connectivity index (χ3v) is 3.64. The van der Waals surface area contributed by atoms with E-state index in [1.165, 1.54) is 7.11 Å². The fraction of sp³-hybridized carbons (Fsp3) is 0.263. The summed E-state index contributed by atoms with van der Waals surface area (Å²) in [6, 6.07) is 12.4. The summed E-state index contributed by atoms with van der Waals surface area (Å²) in [5.74, 6) is 0.921. The number of anilines is 1. The summed E-state index contributed by atoms with van der Waals surface area (Å²) in [4.78, 5) is 24.0. The molecular formula is C19H22N2O5. The highest BCUT2D eigenvalue weighted by molar-refractivity contribution is 6.04. The molecule has 7 nitrogen and oxygen atoms in total. The van der Waals surface area contributed by atoms with Crippen molar-refractivity contribution in [2.45, 2.75) is 13.0 Å². The molecule has 0 aliphatic carbocycles. The molecule has 0 fully saturated rings. The zero-order chi connectivity index (χ0) is 18.9. The predicted octanol–water partition coefficient (Wildman–Crippen LogP) is 2.36. The van der Waals surface area contributed by atoms with E-state index in [4.69, 9.17) is 14.2 Å². The van der Waals surface area contributed by atoms with Gasteiger partial charge in [0.25, 0.3) is 0 Å². The van der Waals surface area contributed by atoms with Crippen molar-refractivity contribution in [3.8, 4) is 17.2 Å². The van der Waals surface area contributed by atoms with Gasteiger partial charge in [-0.15, -0.1) is 0 Å². The average molecular weight is 358 g/mol. The number of para-hydroxylation sites is 2. The molecule has 0 saturated carbocycles.